The van der Waals surface area contributed by atoms with Crippen molar-refractivity contribution in [3.05, 3.63) is 71.9 Å². The average molecular weight is 327 g/mol. The van der Waals surface area contributed by atoms with E-state index in [1.54, 1.807) is 6.07 Å². The number of carbonyl (C=O) groups is 1. The lowest BCUT2D eigenvalue weighted by Gasteiger charge is -2.16. The number of hydrogen-bond acceptors (Lipinski definition) is 4. The van der Waals surface area contributed by atoms with Gasteiger partial charge in [-0.3, -0.25) is 4.79 Å². The Kier molecular flexibility index (Phi) is 5.98. The molecule has 0 aromatic heterocycles. The first-order valence-electron chi connectivity index (χ1n) is 7.59. The summed E-state index contributed by atoms with van der Waals surface area (Å²) in [5.74, 6) is 0.423. The third-order valence-electron chi connectivity index (χ3n) is 3.71. The number of aliphatic hydroxyl groups excluding tert-OH is 1. The second-order valence-electron chi connectivity index (χ2n) is 5.34. The van der Waals surface area contributed by atoms with E-state index >= 15 is 0 Å². The van der Waals surface area contributed by atoms with Crippen molar-refractivity contribution in [1.29, 1.82) is 0 Å². The molecule has 0 fully saturated rings. The van der Waals surface area contributed by atoms with Crippen molar-refractivity contribution in [3.8, 4) is 11.5 Å². The van der Waals surface area contributed by atoms with Gasteiger partial charge in [0.05, 0.1) is 7.11 Å². The summed E-state index contributed by atoms with van der Waals surface area (Å²) in [6.07, 6.45) is 1.49. The molecule has 1 unspecified atom stereocenters. The zero-order valence-electron chi connectivity index (χ0n) is 13.5. The minimum Gasteiger partial charge on any atom is -0.508 e. The van der Waals surface area contributed by atoms with Crippen molar-refractivity contribution in [1.82, 2.24) is 5.32 Å². The van der Waals surface area contributed by atoms with Crippen LogP contribution in [0.5, 0.6) is 11.5 Å². The van der Waals surface area contributed by atoms with Gasteiger partial charge >= 0.3 is 0 Å². The summed E-state index contributed by atoms with van der Waals surface area (Å²) < 4.78 is 5.21. The first-order valence-corrected chi connectivity index (χ1v) is 7.59. The number of aryl methyl sites for hydroxylation is 1. The van der Waals surface area contributed by atoms with E-state index in [9.17, 15) is 15.0 Å². The van der Waals surface area contributed by atoms with Gasteiger partial charge in [0.25, 0.3) is 0 Å². The van der Waals surface area contributed by atoms with E-state index in [0.717, 1.165) is 5.56 Å². The van der Waals surface area contributed by atoms with Crippen LogP contribution in [0.1, 0.15) is 29.2 Å². The molecule has 0 aliphatic rings. The number of nitrogens with one attached hydrogen (secondary N) is 1. The maximum Gasteiger partial charge on any atom is 0.224 e. The summed E-state index contributed by atoms with van der Waals surface area (Å²) in [5, 5.41) is 22.6. The molecule has 5 nitrogen and oxygen atoms in total. The molecule has 2 aromatic carbocycles. The summed E-state index contributed by atoms with van der Waals surface area (Å²) in [5.41, 5.74) is 2.29. The summed E-state index contributed by atoms with van der Waals surface area (Å²) >= 11 is 0. The fourth-order valence-electron chi connectivity index (χ4n) is 2.42. The molecular weight excluding hydrogens is 306 g/mol. The van der Waals surface area contributed by atoms with Gasteiger partial charge in [-0.05, 0) is 35.9 Å². The molecule has 0 saturated heterocycles. The lowest BCUT2D eigenvalue weighted by Crippen LogP contribution is -2.16. The molecule has 1 amide bonds. The number of phenolic OH excluding ortho intramolecular Hbond substituents is 1. The Bertz CT molecular complexity index is 710. The molecule has 0 heterocycles. The molecule has 1 atom stereocenters. The molecular formula is C19H21NO4. The number of phenols is 1. The fraction of sp³-hybridized carbons (Fsp3) is 0.211. The minimum absolute atomic E-state index is 0.0796. The van der Waals surface area contributed by atoms with Gasteiger partial charge in [0, 0.05) is 18.1 Å². The van der Waals surface area contributed by atoms with E-state index in [1.807, 2.05) is 24.3 Å². The van der Waals surface area contributed by atoms with Gasteiger partial charge in [-0.1, -0.05) is 30.8 Å². The van der Waals surface area contributed by atoms with Crippen molar-refractivity contribution >= 4 is 5.91 Å². The maximum atomic E-state index is 11.4. The first-order chi connectivity index (χ1) is 11.5. The second kappa shape index (κ2) is 8.17. The molecule has 24 heavy (non-hydrogen) atoms. The van der Waals surface area contributed by atoms with Crippen molar-refractivity contribution in [3.63, 3.8) is 0 Å². The van der Waals surface area contributed by atoms with Gasteiger partial charge < -0.3 is 20.3 Å². The van der Waals surface area contributed by atoms with Gasteiger partial charge in [0.1, 0.15) is 17.6 Å². The average Bonchev–Trinajstić information content (AvgIpc) is 2.60. The quantitative estimate of drug-likeness (QED) is 0.730. The van der Waals surface area contributed by atoms with E-state index in [2.05, 4.69) is 11.9 Å². The van der Waals surface area contributed by atoms with Gasteiger partial charge in [-0.25, -0.2) is 0 Å². The van der Waals surface area contributed by atoms with Crippen LogP contribution in [0.4, 0.5) is 0 Å². The SMILES string of the molecule is C=CNC(=O)CCc1ccc(C(O)c2ccc(O)cc2OC)cc1. The van der Waals surface area contributed by atoms with Crippen LogP contribution in [-0.2, 0) is 11.2 Å². The van der Waals surface area contributed by atoms with Crippen molar-refractivity contribution in [2.75, 3.05) is 7.11 Å². The molecule has 5 heteroatoms. The summed E-state index contributed by atoms with van der Waals surface area (Å²) in [7, 11) is 1.49. The molecule has 0 aliphatic carbocycles. The van der Waals surface area contributed by atoms with Crippen molar-refractivity contribution in [2.24, 2.45) is 0 Å². The number of rotatable bonds is 7. The number of hydrogen-bond donors (Lipinski definition) is 3. The van der Waals surface area contributed by atoms with Crippen LogP contribution in [0.25, 0.3) is 0 Å². The summed E-state index contributed by atoms with van der Waals surface area (Å²) in [6, 6.07) is 12.0. The standard InChI is InChI=1S/C19H21NO4/c1-3-20-18(22)11-6-13-4-7-14(8-5-13)19(23)16-10-9-15(21)12-17(16)24-2/h3-5,7-10,12,19,21,23H,1,6,11H2,2H3,(H,20,22). The van der Waals surface area contributed by atoms with Crippen LogP contribution in [0.15, 0.2) is 55.2 Å². The largest absolute Gasteiger partial charge is 0.508 e. The molecule has 0 saturated carbocycles. The highest BCUT2D eigenvalue weighted by Crippen LogP contribution is 2.32. The smallest absolute Gasteiger partial charge is 0.224 e. The maximum absolute atomic E-state index is 11.4. The van der Waals surface area contributed by atoms with Gasteiger partial charge in [-0.2, -0.15) is 0 Å². The third kappa shape index (κ3) is 4.36. The van der Waals surface area contributed by atoms with E-state index < -0.39 is 6.10 Å². The Labute approximate surface area is 141 Å². The van der Waals surface area contributed by atoms with Crippen LogP contribution < -0.4 is 10.1 Å². The molecule has 3 N–H and O–H groups in total. The number of amides is 1. The zero-order chi connectivity index (χ0) is 17.5. The Hall–Kier alpha value is -2.79. The predicted octanol–water partition coefficient (Wildman–Crippen LogP) is 2.67. The molecule has 0 bridgehead atoms. The Morgan fingerprint density at radius 3 is 2.62 bits per heavy atom. The van der Waals surface area contributed by atoms with Crippen LogP contribution in [0.2, 0.25) is 0 Å². The number of aliphatic hydroxyl groups is 1. The Morgan fingerprint density at radius 2 is 2.00 bits per heavy atom. The molecule has 0 spiro atoms. The monoisotopic (exact) mass is 327 g/mol. The normalized spacial score (nSPS) is 11.6. The number of ether oxygens (including phenoxy) is 1. The molecule has 2 aromatic rings. The topological polar surface area (TPSA) is 78.8 Å². The lowest BCUT2D eigenvalue weighted by atomic mass is 9.98. The molecule has 2 rings (SSSR count). The minimum atomic E-state index is -0.862. The fourth-order valence-corrected chi connectivity index (χ4v) is 2.42. The van der Waals surface area contributed by atoms with Crippen LogP contribution >= 0.6 is 0 Å². The number of aromatic hydroxyl groups is 1. The molecule has 126 valence electrons. The first kappa shape index (κ1) is 17.6. The van der Waals surface area contributed by atoms with E-state index in [4.69, 9.17) is 4.74 Å². The number of carbonyl (C=O) groups excluding carboxylic acids is 1. The van der Waals surface area contributed by atoms with E-state index in [-0.39, 0.29) is 11.7 Å². The molecule has 0 aliphatic heterocycles. The van der Waals surface area contributed by atoms with Crippen LogP contribution in [0.3, 0.4) is 0 Å². The van der Waals surface area contributed by atoms with Gasteiger partial charge in [-0.15, -0.1) is 0 Å². The lowest BCUT2D eigenvalue weighted by molar-refractivity contribution is -0.120. The zero-order valence-corrected chi connectivity index (χ0v) is 13.5. The highest BCUT2D eigenvalue weighted by molar-refractivity contribution is 5.77. The second-order valence-corrected chi connectivity index (χ2v) is 5.34. The highest BCUT2D eigenvalue weighted by atomic mass is 16.5. The summed E-state index contributed by atoms with van der Waals surface area (Å²) in [4.78, 5) is 11.4. The van der Waals surface area contributed by atoms with E-state index in [0.29, 0.717) is 29.7 Å². The Morgan fingerprint density at radius 1 is 1.29 bits per heavy atom. The number of benzene rings is 2. The number of methoxy groups -OCH3 is 1. The Balaban J connectivity index is 2.10. The summed E-state index contributed by atoms with van der Waals surface area (Å²) in [6.45, 7) is 3.45. The van der Waals surface area contributed by atoms with Crippen molar-refractivity contribution < 1.29 is 19.7 Å². The van der Waals surface area contributed by atoms with Crippen LogP contribution in [-0.4, -0.2) is 23.2 Å². The van der Waals surface area contributed by atoms with Gasteiger partial charge in [0.15, 0.2) is 0 Å². The third-order valence-corrected chi connectivity index (χ3v) is 3.71. The van der Waals surface area contributed by atoms with E-state index in [1.165, 1.54) is 25.4 Å². The van der Waals surface area contributed by atoms with Gasteiger partial charge in [0.2, 0.25) is 5.91 Å². The van der Waals surface area contributed by atoms with Crippen LogP contribution in [0, 0.1) is 0 Å². The van der Waals surface area contributed by atoms with Crippen molar-refractivity contribution in [2.45, 2.75) is 18.9 Å². The predicted molar refractivity (Wildman–Crippen MR) is 91.8 cm³/mol. The highest BCUT2D eigenvalue weighted by Gasteiger charge is 2.16. The molecule has 0 radical (unpaired) electrons.